The van der Waals surface area contributed by atoms with E-state index in [1.165, 1.54) is 0 Å². The number of rotatable bonds is 6. The molecule has 1 aromatic carbocycles. The molecule has 3 N–H and O–H groups in total. The first kappa shape index (κ1) is 17.7. The Bertz CT molecular complexity index is 648. The van der Waals surface area contributed by atoms with Crippen molar-refractivity contribution in [1.82, 2.24) is 5.32 Å². The smallest absolute Gasteiger partial charge is 0.244 e. The third kappa shape index (κ3) is 5.19. The molecule has 2 rings (SSSR count). The fourth-order valence-corrected chi connectivity index (χ4v) is 3.53. The number of nitrogens with one attached hydrogen (secondary N) is 3. The molecular weight excluding hydrogens is 318 g/mol. The van der Waals surface area contributed by atoms with Crippen molar-refractivity contribution in [2.45, 2.75) is 32.4 Å². The van der Waals surface area contributed by atoms with Gasteiger partial charge in [-0.05, 0) is 31.5 Å². The lowest BCUT2D eigenvalue weighted by Crippen LogP contribution is -2.53. The average Bonchev–Trinajstić information content (AvgIpc) is 2.47. The quantitative estimate of drug-likeness (QED) is 0.721. The van der Waals surface area contributed by atoms with Crippen molar-refractivity contribution in [2.75, 3.05) is 28.9 Å². The molecule has 1 saturated heterocycles. The Hall–Kier alpha value is -1.64. The second-order valence-electron chi connectivity index (χ2n) is 5.50. The molecule has 1 amide bonds. The van der Waals surface area contributed by atoms with Gasteiger partial charge < -0.3 is 15.4 Å². The molecule has 128 valence electrons. The second kappa shape index (κ2) is 7.76. The van der Waals surface area contributed by atoms with Crippen molar-refractivity contribution in [3.63, 3.8) is 0 Å². The van der Waals surface area contributed by atoms with E-state index < -0.39 is 16.1 Å². The summed E-state index contributed by atoms with van der Waals surface area (Å²) in [6.07, 6.45) is 0.326. The maximum absolute atomic E-state index is 12.3. The highest BCUT2D eigenvalue weighted by molar-refractivity contribution is 7.92. The Labute approximate surface area is 136 Å². The lowest BCUT2D eigenvalue weighted by molar-refractivity contribution is -0.123. The molecule has 8 heteroatoms. The second-order valence-corrected chi connectivity index (χ2v) is 7.34. The Morgan fingerprint density at radius 2 is 2.13 bits per heavy atom. The van der Waals surface area contributed by atoms with Crippen LogP contribution in [0.1, 0.15) is 20.3 Å². The summed E-state index contributed by atoms with van der Waals surface area (Å²) in [6, 6.07) is 6.22. The van der Waals surface area contributed by atoms with E-state index >= 15 is 0 Å². The van der Waals surface area contributed by atoms with Crippen molar-refractivity contribution in [3.05, 3.63) is 24.3 Å². The Balaban J connectivity index is 2.03. The van der Waals surface area contributed by atoms with E-state index in [-0.39, 0.29) is 17.8 Å². The van der Waals surface area contributed by atoms with E-state index in [1.807, 2.05) is 6.92 Å². The third-order valence-electron chi connectivity index (χ3n) is 3.48. The molecule has 1 aliphatic heterocycles. The van der Waals surface area contributed by atoms with Crippen molar-refractivity contribution < 1.29 is 17.9 Å². The zero-order valence-corrected chi connectivity index (χ0v) is 14.2. The van der Waals surface area contributed by atoms with Gasteiger partial charge in [0, 0.05) is 12.2 Å². The highest BCUT2D eigenvalue weighted by atomic mass is 32.2. The van der Waals surface area contributed by atoms with Gasteiger partial charge in [0.05, 0.1) is 24.2 Å². The number of carbonyl (C=O) groups is 1. The zero-order valence-electron chi connectivity index (χ0n) is 13.3. The van der Waals surface area contributed by atoms with E-state index in [4.69, 9.17) is 4.74 Å². The van der Waals surface area contributed by atoms with E-state index in [0.29, 0.717) is 30.9 Å². The first-order valence-electron chi connectivity index (χ1n) is 7.67. The van der Waals surface area contributed by atoms with Crippen molar-refractivity contribution in [1.29, 1.82) is 0 Å². The van der Waals surface area contributed by atoms with Gasteiger partial charge >= 0.3 is 0 Å². The molecule has 1 heterocycles. The third-order valence-corrected chi connectivity index (χ3v) is 4.97. The van der Waals surface area contributed by atoms with Crippen molar-refractivity contribution in [3.8, 4) is 0 Å². The molecule has 1 fully saturated rings. The SMILES string of the molecule is CCCS(=O)(=O)Nc1cccc(NC(=O)[C@H]2NCCO[C@@H]2C)c1. The molecule has 1 aliphatic rings. The number of amides is 1. The van der Waals surface area contributed by atoms with E-state index in [9.17, 15) is 13.2 Å². The summed E-state index contributed by atoms with van der Waals surface area (Å²) in [6.45, 7) is 4.85. The summed E-state index contributed by atoms with van der Waals surface area (Å²) in [5.74, 6) is -0.143. The van der Waals surface area contributed by atoms with Crippen molar-refractivity contribution >= 4 is 27.3 Å². The largest absolute Gasteiger partial charge is 0.375 e. The average molecular weight is 341 g/mol. The highest BCUT2D eigenvalue weighted by Gasteiger charge is 2.28. The van der Waals surface area contributed by atoms with Gasteiger partial charge in [0.25, 0.3) is 0 Å². The first-order valence-corrected chi connectivity index (χ1v) is 9.33. The monoisotopic (exact) mass is 341 g/mol. The van der Waals surface area contributed by atoms with Gasteiger partial charge in [0.2, 0.25) is 15.9 Å². The molecule has 0 unspecified atom stereocenters. The van der Waals surface area contributed by atoms with Crippen LogP contribution in [0.5, 0.6) is 0 Å². The number of sulfonamides is 1. The molecule has 0 saturated carbocycles. The molecule has 0 radical (unpaired) electrons. The molecule has 0 aromatic heterocycles. The summed E-state index contributed by atoms with van der Waals surface area (Å²) >= 11 is 0. The minimum atomic E-state index is -3.35. The lowest BCUT2D eigenvalue weighted by Gasteiger charge is -2.29. The number of carbonyl (C=O) groups excluding carboxylic acids is 1. The van der Waals surface area contributed by atoms with E-state index in [0.717, 1.165) is 0 Å². The van der Waals surface area contributed by atoms with Crippen LogP contribution in [-0.4, -0.2) is 45.4 Å². The van der Waals surface area contributed by atoms with Crippen LogP contribution in [0, 0.1) is 0 Å². The minimum Gasteiger partial charge on any atom is -0.375 e. The number of hydrogen-bond acceptors (Lipinski definition) is 5. The van der Waals surface area contributed by atoms with E-state index in [1.54, 1.807) is 31.2 Å². The van der Waals surface area contributed by atoms with Crippen LogP contribution in [0.25, 0.3) is 0 Å². The molecule has 0 aliphatic carbocycles. The first-order chi connectivity index (χ1) is 10.9. The van der Waals surface area contributed by atoms with Gasteiger partial charge in [-0.1, -0.05) is 13.0 Å². The number of benzene rings is 1. The summed E-state index contributed by atoms with van der Waals surface area (Å²) in [5, 5.41) is 5.89. The number of anilines is 2. The van der Waals surface area contributed by atoms with Gasteiger partial charge in [-0.25, -0.2) is 8.42 Å². The van der Waals surface area contributed by atoms with Gasteiger partial charge in [0.15, 0.2) is 0 Å². The van der Waals surface area contributed by atoms with Crippen LogP contribution in [0.3, 0.4) is 0 Å². The Kier molecular flexibility index (Phi) is 5.97. The summed E-state index contributed by atoms with van der Waals surface area (Å²) < 4.78 is 31.6. The zero-order chi connectivity index (χ0) is 16.9. The Morgan fingerprint density at radius 1 is 1.39 bits per heavy atom. The molecule has 0 spiro atoms. The maximum atomic E-state index is 12.3. The summed E-state index contributed by atoms with van der Waals surface area (Å²) in [5.41, 5.74) is 0.962. The minimum absolute atomic E-state index is 0.0600. The molecular formula is C15H23N3O4S. The lowest BCUT2D eigenvalue weighted by atomic mass is 10.1. The van der Waals surface area contributed by atoms with Gasteiger partial charge in [-0.3, -0.25) is 9.52 Å². The standard InChI is InChI=1S/C15H23N3O4S/c1-3-9-23(20,21)18-13-6-4-5-12(10-13)17-15(19)14-11(2)22-8-7-16-14/h4-6,10-11,14,16,18H,3,7-9H2,1-2H3,(H,17,19)/t11-,14+/m1/s1. The van der Waals surface area contributed by atoms with Gasteiger partial charge in [-0.15, -0.1) is 0 Å². The fourth-order valence-electron chi connectivity index (χ4n) is 2.41. The molecule has 2 atom stereocenters. The van der Waals surface area contributed by atoms with Crippen LogP contribution < -0.4 is 15.4 Å². The fraction of sp³-hybridized carbons (Fsp3) is 0.533. The molecule has 7 nitrogen and oxygen atoms in total. The molecule has 23 heavy (non-hydrogen) atoms. The maximum Gasteiger partial charge on any atom is 0.244 e. The molecule has 0 bridgehead atoms. The van der Waals surface area contributed by atoms with Gasteiger partial charge in [0.1, 0.15) is 6.04 Å². The van der Waals surface area contributed by atoms with Crippen LogP contribution in [0.2, 0.25) is 0 Å². The van der Waals surface area contributed by atoms with Crippen LogP contribution in [0.15, 0.2) is 24.3 Å². The highest BCUT2D eigenvalue weighted by Crippen LogP contribution is 2.17. The number of morpholine rings is 1. The topological polar surface area (TPSA) is 96.5 Å². The normalized spacial score (nSPS) is 21.7. The number of ether oxygens (including phenoxy) is 1. The predicted molar refractivity (Wildman–Crippen MR) is 90.0 cm³/mol. The van der Waals surface area contributed by atoms with Crippen LogP contribution in [0.4, 0.5) is 11.4 Å². The summed E-state index contributed by atoms with van der Waals surface area (Å²) in [4.78, 5) is 12.3. The molecule has 1 aromatic rings. The van der Waals surface area contributed by atoms with Crippen LogP contribution in [-0.2, 0) is 19.6 Å². The number of hydrogen-bond donors (Lipinski definition) is 3. The summed E-state index contributed by atoms with van der Waals surface area (Å²) in [7, 11) is -3.35. The van der Waals surface area contributed by atoms with E-state index in [2.05, 4.69) is 15.4 Å². The predicted octanol–water partition coefficient (Wildman–Crippen LogP) is 1.15. The van der Waals surface area contributed by atoms with Crippen molar-refractivity contribution in [2.24, 2.45) is 0 Å². The van der Waals surface area contributed by atoms with Crippen LogP contribution >= 0.6 is 0 Å². The van der Waals surface area contributed by atoms with Gasteiger partial charge in [-0.2, -0.15) is 0 Å². The Morgan fingerprint density at radius 3 is 2.83 bits per heavy atom.